The van der Waals surface area contributed by atoms with Crippen LogP contribution in [-0.4, -0.2) is 28.7 Å². The number of anilines is 1. The number of nitro benzene ring substituents is 1. The number of nitrogens with zero attached hydrogens (tertiary/aromatic N) is 2. The highest BCUT2D eigenvalue weighted by molar-refractivity contribution is 6.33. The normalized spacial score (nSPS) is 29.0. The number of nitro groups is 1. The number of para-hydroxylation sites is 1. The molecular formula is C15H19ClN2O3. The Hall–Kier alpha value is -1.33. The zero-order valence-corrected chi connectivity index (χ0v) is 12.6. The zero-order valence-electron chi connectivity index (χ0n) is 11.8. The van der Waals surface area contributed by atoms with Crippen molar-refractivity contribution in [2.75, 3.05) is 18.0 Å². The van der Waals surface area contributed by atoms with Crippen molar-refractivity contribution < 1.29 is 10.0 Å². The van der Waals surface area contributed by atoms with Gasteiger partial charge in [0.25, 0.3) is 5.69 Å². The quantitative estimate of drug-likeness (QED) is 0.671. The molecule has 114 valence electrons. The van der Waals surface area contributed by atoms with Gasteiger partial charge in [-0.1, -0.05) is 30.5 Å². The Morgan fingerprint density at radius 1 is 1.38 bits per heavy atom. The summed E-state index contributed by atoms with van der Waals surface area (Å²) >= 11 is 6.21. The van der Waals surface area contributed by atoms with E-state index in [-0.39, 0.29) is 16.5 Å². The molecule has 0 aromatic heterocycles. The summed E-state index contributed by atoms with van der Waals surface area (Å²) in [6.07, 6.45) is 4.66. The van der Waals surface area contributed by atoms with Gasteiger partial charge >= 0.3 is 0 Å². The maximum atomic E-state index is 11.2. The van der Waals surface area contributed by atoms with Gasteiger partial charge in [0.2, 0.25) is 0 Å². The van der Waals surface area contributed by atoms with Crippen LogP contribution in [0, 0.1) is 16.0 Å². The van der Waals surface area contributed by atoms with Gasteiger partial charge in [-0.05, 0) is 25.3 Å². The largest absolute Gasteiger partial charge is 0.389 e. The maximum Gasteiger partial charge on any atom is 0.294 e. The summed E-state index contributed by atoms with van der Waals surface area (Å²) in [5, 5.41) is 22.4. The zero-order chi connectivity index (χ0) is 15.0. The second-order valence-electron chi connectivity index (χ2n) is 6.11. The van der Waals surface area contributed by atoms with Crippen LogP contribution < -0.4 is 4.90 Å². The number of fused-ring (bicyclic) bond motifs is 1. The van der Waals surface area contributed by atoms with Crippen molar-refractivity contribution in [3.05, 3.63) is 33.3 Å². The molecule has 1 saturated heterocycles. The third kappa shape index (κ3) is 2.60. The minimum atomic E-state index is -0.592. The number of halogens is 1. The molecule has 1 aromatic rings. The van der Waals surface area contributed by atoms with Gasteiger partial charge in [-0.3, -0.25) is 10.1 Å². The van der Waals surface area contributed by atoms with Crippen molar-refractivity contribution in [2.45, 2.75) is 37.7 Å². The molecule has 1 aliphatic heterocycles. The molecule has 1 heterocycles. The van der Waals surface area contributed by atoms with Crippen LogP contribution in [0.2, 0.25) is 5.02 Å². The fraction of sp³-hybridized carbons (Fsp3) is 0.600. The third-order valence-electron chi connectivity index (χ3n) is 4.91. The lowest BCUT2D eigenvalue weighted by Crippen LogP contribution is -2.53. The first-order valence-corrected chi connectivity index (χ1v) is 7.79. The average Bonchev–Trinajstić information content (AvgIpc) is 2.46. The SMILES string of the molecule is O=[N+]([O-])c1cccc(Cl)c1N1CCC2(O)CCCCC2C1. The summed E-state index contributed by atoms with van der Waals surface area (Å²) < 4.78 is 0. The molecule has 3 rings (SSSR count). The molecule has 0 spiro atoms. The molecule has 2 unspecified atom stereocenters. The van der Waals surface area contributed by atoms with Crippen molar-refractivity contribution in [1.82, 2.24) is 0 Å². The van der Waals surface area contributed by atoms with E-state index in [1.54, 1.807) is 12.1 Å². The fourth-order valence-electron chi connectivity index (χ4n) is 3.74. The first kappa shape index (κ1) is 14.6. The first-order valence-electron chi connectivity index (χ1n) is 7.41. The van der Waals surface area contributed by atoms with Crippen LogP contribution in [0.25, 0.3) is 0 Å². The van der Waals surface area contributed by atoms with Gasteiger partial charge in [-0.25, -0.2) is 0 Å². The van der Waals surface area contributed by atoms with Gasteiger partial charge in [-0.2, -0.15) is 0 Å². The van der Waals surface area contributed by atoms with E-state index < -0.39 is 5.60 Å². The second kappa shape index (κ2) is 5.46. The summed E-state index contributed by atoms with van der Waals surface area (Å²) in [7, 11) is 0. The number of rotatable bonds is 2. The van der Waals surface area contributed by atoms with Gasteiger partial charge in [0, 0.05) is 25.1 Å². The van der Waals surface area contributed by atoms with Crippen molar-refractivity contribution >= 4 is 23.0 Å². The van der Waals surface area contributed by atoms with E-state index in [2.05, 4.69) is 0 Å². The van der Waals surface area contributed by atoms with Crippen LogP contribution in [0.3, 0.4) is 0 Å². The van der Waals surface area contributed by atoms with E-state index in [1.165, 1.54) is 6.07 Å². The Kier molecular flexibility index (Phi) is 3.80. The monoisotopic (exact) mass is 310 g/mol. The molecule has 0 bridgehead atoms. The second-order valence-corrected chi connectivity index (χ2v) is 6.51. The van der Waals surface area contributed by atoms with E-state index >= 15 is 0 Å². The predicted molar refractivity (Wildman–Crippen MR) is 81.8 cm³/mol. The van der Waals surface area contributed by atoms with E-state index in [0.717, 1.165) is 25.7 Å². The number of benzene rings is 1. The first-order chi connectivity index (χ1) is 10.0. The molecule has 2 atom stereocenters. The molecule has 5 nitrogen and oxygen atoms in total. The molecule has 1 aliphatic carbocycles. The van der Waals surface area contributed by atoms with Gasteiger partial charge in [0.15, 0.2) is 0 Å². The Morgan fingerprint density at radius 2 is 2.19 bits per heavy atom. The molecule has 6 heteroatoms. The van der Waals surface area contributed by atoms with Gasteiger partial charge in [0.05, 0.1) is 15.5 Å². The van der Waals surface area contributed by atoms with Crippen LogP contribution in [-0.2, 0) is 0 Å². The Labute approximate surface area is 128 Å². The highest BCUT2D eigenvalue weighted by atomic mass is 35.5. The van der Waals surface area contributed by atoms with Crippen LogP contribution in [0.5, 0.6) is 0 Å². The predicted octanol–water partition coefficient (Wildman–Crippen LogP) is 3.38. The molecule has 21 heavy (non-hydrogen) atoms. The molecular weight excluding hydrogens is 292 g/mol. The van der Waals surface area contributed by atoms with Crippen LogP contribution in [0.1, 0.15) is 32.1 Å². The Bertz CT molecular complexity index is 566. The van der Waals surface area contributed by atoms with Gasteiger partial charge < -0.3 is 10.0 Å². The van der Waals surface area contributed by atoms with Crippen LogP contribution >= 0.6 is 11.6 Å². The van der Waals surface area contributed by atoms with E-state index in [0.29, 0.717) is 30.2 Å². The van der Waals surface area contributed by atoms with Crippen molar-refractivity contribution in [2.24, 2.45) is 5.92 Å². The highest BCUT2D eigenvalue weighted by Gasteiger charge is 2.43. The maximum absolute atomic E-state index is 11.2. The number of hydrogen-bond donors (Lipinski definition) is 1. The smallest absolute Gasteiger partial charge is 0.294 e. The van der Waals surface area contributed by atoms with Crippen LogP contribution in [0.4, 0.5) is 11.4 Å². The van der Waals surface area contributed by atoms with Crippen molar-refractivity contribution in [3.63, 3.8) is 0 Å². The van der Waals surface area contributed by atoms with E-state index in [9.17, 15) is 15.2 Å². The lowest BCUT2D eigenvalue weighted by Gasteiger charge is -2.48. The molecule has 2 aliphatic rings. The molecule has 1 aromatic carbocycles. The summed E-state index contributed by atoms with van der Waals surface area (Å²) in [5.41, 5.74) is -0.0503. The van der Waals surface area contributed by atoms with E-state index in [1.807, 2.05) is 4.90 Å². The number of aliphatic hydroxyl groups is 1. The summed E-state index contributed by atoms with van der Waals surface area (Å²) in [6.45, 7) is 1.25. The van der Waals surface area contributed by atoms with Gasteiger partial charge in [0.1, 0.15) is 5.69 Å². The highest BCUT2D eigenvalue weighted by Crippen LogP contribution is 2.44. The van der Waals surface area contributed by atoms with Crippen molar-refractivity contribution in [1.29, 1.82) is 0 Å². The summed E-state index contributed by atoms with van der Waals surface area (Å²) in [5.74, 6) is 0.177. The average molecular weight is 311 g/mol. The van der Waals surface area contributed by atoms with Crippen LogP contribution in [0.15, 0.2) is 18.2 Å². The molecule has 2 fully saturated rings. The minimum Gasteiger partial charge on any atom is -0.389 e. The minimum absolute atomic E-state index is 0.0451. The summed E-state index contributed by atoms with van der Waals surface area (Å²) in [6, 6.07) is 4.78. The molecule has 0 amide bonds. The Balaban J connectivity index is 1.91. The lowest BCUT2D eigenvalue weighted by molar-refractivity contribution is -0.384. The van der Waals surface area contributed by atoms with E-state index in [4.69, 9.17) is 11.6 Å². The molecule has 0 radical (unpaired) electrons. The third-order valence-corrected chi connectivity index (χ3v) is 5.21. The van der Waals surface area contributed by atoms with Crippen molar-refractivity contribution in [3.8, 4) is 0 Å². The standard InChI is InChI=1S/C15H19ClN2O3/c16-12-5-3-6-13(18(20)21)14(12)17-9-8-15(19)7-2-1-4-11(15)10-17/h3,5-6,11,19H,1-2,4,7-10H2. The number of piperidine rings is 1. The number of hydrogen-bond acceptors (Lipinski definition) is 4. The van der Waals surface area contributed by atoms with Gasteiger partial charge in [-0.15, -0.1) is 0 Å². The molecule has 1 N–H and O–H groups in total. The Morgan fingerprint density at radius 3 is 2.95 bits per heavy atom. The summed E-state index contributed by atoms with van der Waals surface area (Å²) in [4.78, 5) is 12.8. The topological polar surface area (TPSA) is 66.6 Å². The lowest BCUT2D eigenvalue weighted by atomic mass is 9.71. The fourth-order valence-corrected chi connectivity index (χ4v) is 4.03. The molecule has 1 saturated carbocycles.